The lowest BCUT2D eigenvalue weighted by atomic mass is 9.72. The van der Waals surface area contributed by atoms with Crippen LogP contribution in [0.5, 0.6) is 0 Å². The quantitative estimate of drug-likeness (QED) is 0.773. The number of para-hydroxylation sites is 1. The van der Waals surface area contributed by atoms with E-state index in [0.717, 1.165) is 17.6 Å². The molecule has 1 saturated heterocycles. The van der Waals surface area contributed by atoms with Gasteiger partial charge in [0.15, 0.2) is 0 Å². The van der Waals surface area contributed by atoms with Crippen LogP contribution in [0.25, 0.3) is 0 Å². The Hall–Kier alpha value is -1.85. The molecule has 0 radical (unpaired) electrons. The van der Waals surface area contributed by atoms with E-state index in [2.05, 4.69) is 51.2 Å². The molecule has 4 rings (SSSR count). The Balaban J connectivity index is 1.63. The molecule has 0 unspecified atom stereocenters. The normalized spacial score (nSPS) is 25.8. The first-order valence-corrected chi connectivity index (χ1v) is 9.23. The Morgan fingerprint density at radius 1 is 0.962 bits per heavy atom. The lowest BCUT2D eigenvalue weighted by molar-refractivity contribution is 0.00578. The van der Waals surface area contributed by atoms with Gasteiger partial charge in [-0.2, -0.15) is 0 Å². The van der Waals surface area contributed by atoms with Gasteiger partial charge < -0.3 is 14.6 Å². The molecule has 2 atom stereocenters. The molecule has 0 spiro atoms. The number of hydrogen-bond acceptors (Lipinski definition) is 3. The van der Waals surface area contributed by atoms with Gasteiger partial charge in [-0.15, -0.1) is 0 Å². The van der Waals surface area contributed by atoms with Gasteiger partial charge in [-0.25, -0.2) is 4.39 Å². The zero-order valence-electron chi connectivity index (χ0n) is 15.8. The van der Waals surface area contributed by atoms with Crippen LogP contribution < -0.4 is 5.32 Å². The average molecular weight is 353 g/mol. The highest BCUT2D eigenvalue weighted by Crippen LogP contribution is 2.49. The summed E-state index contributed by atoms with van der Waals surface area (Å²) in [6, 6.07) is 15.2. The van der Waals surface area contributed by atoms with Gasteiger partial charge in [-0.1, -0.05) is 30.3 Å². The minimum absolute atomic E-state index is 0.0759. The average Bonchev–Trinajstić information content (AvgIpc) is 3.03. The summed E-state index contributed by atoms with van der Waals surface area (Å²) in [6.45, 7) is 8.30. The van der Waals surface area contributed by atoms with Crippen LogP contribution in [-0.4, -0.2) is 18.3 Å². The fraction of sp³-hybridized carbons (Fsp3) is 0.429. The number of rotatable bonds is 3. The number of anilines is 1. The highest BCUT2D eigenvalue weighted by Gasteiger charge is 2.52. The van der Waals surface area contributed by atoms with Crippen LogP contribution in [-0.2, 0) is 9.31 Å². The maximum Gasteiger partial charge on any atom is 0.458 e. The summed E-state index contributed by atoms with van der Waals surface area (Å²) < 4.78 is 25.8. The van der Waals surface area contributed by atoms with Crippen molar-refractivity contribution < 1.29 is 13.7 Å². The summed E-state index contributed by atoms with van der Waals surface area (Å²) in [4.78, 5) is 0. The van der Waals surface area contributed by atoms with Crippen molar-refractivity contribution in [3.8, 4) is 0 Å². The first kappa shape index (κ1) is 17.6. The minimum atomic E-state index is -0.339. The molecule has 0 saturated carbocycles. The SMILES string of the molecule is CC1(C)OB(C[C@@H]2c3ccccc3N[C@@H]2c2ccc(F)cc2)OC1(C)C. The van der Waals surface area contributed by atoms with E-state index >= 15 is 0 Å². The van der Waals surface area contributed by atoms with Gasteiger partial charge in [0, 0.05) is 11.6 Å². The van der Waals surface area contributed by atoms with Crippen LogP contribution in [0.2, 0.25) is 6.32 Å². The highest BCUT2D eigenvalue weighted by atomic mass is 19.1. The summed E-state index contributed by atoms with van der Waals surface area (Å²) >= 11 is 0. The number of benzene rings is 2. The van der Waals surface area contributed by atoms with E-state index in [9.17, 15) is 4.39 Å². The number of fused-ring (bicyclic) bond motifs is 1. The van der Waals surface area contributed by atoms with Gasteiger partial charge in [-0.3, -0.25) is 0 Å². The van der Waals surface area contributed by atoms with Crippen LogP contribution in [0, 0.1) is 5.82 Å². The van der Waals surface area contributed by atoms with E-state index in [1.165, 1.54) is 17.7 Å². The Kier molecular flexibility index (Phi) is 4.12. The Labute approximate surface area is 155 Å². The van der Waals surface area contributed by atoms with Crippen molar-refractivity contribution in [3.63, 3.8) is 0 Å². The Bertz CT molecular complexity index is 790. The topological polar surface area (TPSA) is 30.5 Å². The van der Waals surface area contributed by atoms with E-state index in [1.807, 2.05) is 18.2 Å². The molecule has 0 amide bonds. The molecule has 0 bridgehead atoms. The van der Waals surface area contributed by atoms with Gasteiger partial charge in [0.2, 0.25) is 0 Å². The zero-order chi connectivity index (χ0) is 18.5. The van der Waals surface area contributed by atoms with Crippen molar-refractivity contribution in [2.45, 2.75) is 57.2 Å². The van der Waals surface area contributed by atoms with Crippen LogP contribution >= 0.6 is 0 Å². The monoisotopic (exact) mass is 353 g/mol. The predicted octanol–water partition coefficient (Wildman–Crippen LogP) is 5.17. The first-order valence-electron chi connectivity index (χ1n) is 9.23. The first-order chi connectivity index (χ1) is 12.3. The maximum absolute atomic E-state index is 13.4. The molecule has 0 aliphatic carbocycles. The van der Waals surface area contributed by atoms with Crippen molar-refractivity contribution in [3.05, 3.63) is 65.5 Å². The molecule has 136 valence electrons. The fourth-order valence-corrected chi connectivity index (χ4v) is 3.92. The van der Waals surface area contributed by atoms with E-state index in [4.69, 9.17) is 9.31 Å². The number of halogens is 1. The van der Waals surface area contributed by atoms with Crippen molar-refractivity contribution >= 4 is 12.8 Å². The van der Waals surface area contributed by atoms with Gasteiger partial charge >= 0.3 is 7.12 Å². The molecule has 0 aromatic heterocycles. The summed E-state index contributed by atoms with van der Waals surface area (Å²) in [7, 11) is -0.263. The van der Waals surface area contributed by atoms with Crippen LogP contribution in [0.1, 0.15) is 50.8 Å². The van der Waals surface area contributed by atoms with Gasteiger partial charge in [-0.05, 0) is 63.3 Å². The standard InChI is InChI=1S/C21H25BFNO2/c1-20(2)21(3,4)26-22(25-20)13-17-16-7-5-6-8-18(16)24-19(17)14-9-11-15(23)12-10-14/h5-12,17,19,24H,13H2,1-4H3/t17-,19-/m1/s1. The molecule has 2 aromatic carbocycles. The molecule has 2 heterocycles. The molecule has 26 heavy (non-hydrogen) atoms. The molecule has 1 fully saturated rings. The van der Waals surface area contributed by atoms with E-state index in [0.29, 0.717) is 0 Å². The van der Waals surface area contributed by atoms with Crippen LogP contribution in [0.15, 0.2) is 48.5 Å². The molecule has 5 heteroatoms. The maximum atomic E-state index is 13.4. The molecule has 3 nitrogen and oxygen atoms in total. The third-order valence-corrected chi connectivity index (χ3v) is 6.05. The molecule has 2 aliphatic heterocycles. The minimum Gasteiger partial charge on any atom is -0.403 e. The summed E-state index contributed by atoms with van der Waals surface area (Å²) in [6.07, 6.45) is 0.749. The lowest BCUT2D eigenvalue weighted by Crippen LogP contribution is -2.41. The van der Waals surface area contributed by atoms with Crippen LogP contribution in [0.3, 0.4) is 0 Å². The predicted molar refractivity (Wildman–Crippen MR) is 103 cm³/mol. The third kappa shape index (κ3) is 2.93. The summed E-state index contributed by atoms with van der Waals surface area (Å²) in [5.41, 5.74) is 2.78. The van der Waals surface area contributed by atoms with Gasteiger partial charge in [0.1, 0.15) is 5.82 Å². The smallest absolute Gasteiger partial charge is 0.403 e. The Morgan fingerprint density at radius 2 is 1.58 bits per heavy atom. The van der Waals surface area contributed by atoms with E-state index in [-0.39, 0.29) is 36.1 Å². The molecule has 1 N–H and O–H groups in total. The van der Waals surface area contributed by atoms with Crippen molar-refractivity contribution in [2.75, 3.05) is 5.32 Å². The Morgan fingerprint density at radius 3 is 2.23 bits per heavy atom. The second-order valence-corrected chi connectivity index (χ2v) is 8.29. The van der Waals surface area contributed by atoms with E-state index in [1.54, 1.807) is 0 Å². The number of hydrogen-bond donors (Lipinski definition) is 1. The third-order valence-electron chi connectivity index (χ3n) is 6.05. The van der Waals surface area contributed by atoms with Crippen LogP contribution in [0.4, 0.5) is 10.1 Å². The van der Waals surface area contributed by atoms with Gasteiger partial charge in [0.05, 0.1) is 17.2 Å². The fourth-order valence-electron chi connectivity index (χ4n) is 3.92. The zero-order valence-corrected chi connectivity index (χ0v) is 15.8. The van der Waals surface area contributed by atoms with Crippen molar-refractivity contribution in [1.29, 1.82) is 0 Å². The molecular weight excluding hydrogens is 328 g/mol. The second-order valence-electron chi connectivity index (χ2n) is 8.29. The largest absolute Gasteiger partial charge is 0.458 e. The molecule has 2 aromatic rings. The lowest BCUT2D eigenvalue weighted by Gasteiger charge is -2.32. The van der Waals surface area contributed by atoms with Crippen molar-refractivity contribution in [2.24, 2.45) is 0 Å². The van der Waals surface area contributed by atoms with Crippen molar-refractivity contribution in [1.82, 2.24) is 0 Å². The highest BCUT2D eigenvalue weighted by molar-refractivity contribution is 6.45. The molecule has 2 aliphatic rings. The number of nitrogens with one attached hydrogen (secondary N) is 1. The molecular formula is C21H25BFNO2. The van der Waals surface area contributed by atoms with Gasteiger partial charge in [0.25, 0.3) is 0 Å². The second kappa shape index (κ2) is 6.10. The summed E-state index contributed by atoms with van der Waals surface area (Å²) in [5.74, 6) is -0.0156. The summed E-state index contributed by atoms with van der Waals surface area (Å²) in [5, 5.41) is 3.60. The van der Waals surface area contributed by atoms with E-state index < -0.39 is 0 Å².